The van der Waals surface area contributed by atoms with Crippen LogP contribution in [0.3, 0.4) is 0 Å². The van der Waals surface area contributed by atoms with E-state index in [2.05, 4.69) is 11.8 Å². The first-order valence-corrected chi connectivity index (χ1v) is 7.31. The van der Waals surface area contributed by atoms with Gasteiger partial charge in [-0.2, -0.15) is 5.26 Å². The van der Waals surface area contributed by atoms with E-state index < -0.39 is 0 Å². The van der Waals surface area contributed by atoms with Crippen molar-refractivity contribution in [3.63, 3.8) is 0 Å². The first-order chi connectivity index (χ1) is 9.62. The van der Waals surface area contributed by atoms with Gasteiger partial charge in [0.2, 0.25) is 0 Å². The van der Waals surface area contributed by atoms with Crippen LogP contribution in [-0.2, 0) is 6.54 Å². The van der Waals surface area contributed by atoms with Crippen molar-refractivity contribution in [1.29, 1.82) is 5.26 Å². The summed E-state index contributed by atoms with van der Waals surface area (Å²) in [5, 5.41) is 8.91. The zero-order valence-electron chi connectivity index (χ0n) is 12.0. The van der Waals surface area contributed by atoms with Gasteiger partial charge in [0.25, 0.3) is 0 Å². The molecule has 0 amide bonds. The fourth-order valence-corrected chi connectivity index (χ4v) is 3.01. The average molecular weight is 275 g/mol. The third-order valence-electron chi connectivity index (χ3n) is 4.14. The molecular formula is C16H22FN3. The SMILES string of the molecule is CCN(Cc1cc(F)cc(C#N)c1)C1CCC(N)CC1. The van der Waals surface area contributed by atoms with Gasteiger partial charge < -0.3 is 5.73 Å². The van der Waals surface area contributed by atoms with Crippen LogP contribution >= 0.6 is 0 Å². The summed E-state index contributed by atoms with van der Waals surface area (Å²) in [6.07, 6.45) is 4.34. The molecule has 1 aromatic carbocycles. The third kappa shape index (κ3) is 3.78. The zero-order chi connectivity index (χ0) is 14.5. The Labute approximate surface area is 120 Å². The molecule has 1 aliphatic rings. The smallest absolute Gasteiger partial charge is 0.124 e. The Balaban J connectivity index is 2.06. The molecule has 0 heterocycles. The van der Waals surface area contributed by atoms with Crippen LogP contribution in [0.2, 0.25) is 0 Å². The maximum atomic E-state index is 13.5. The van der Waals surface area contributed by atoms with Crippen molar-refractivity contribution in [3.05, 3.63) is 35.1 Å². The number of hydrogen-bond donors (Lipinski definition) is 1. The molecule has 2 rings (SSSR count). The van der Waals surface area contributed by atoms with E-state index in [-0.39, 0.29) is 5.82 Å². The predicted molar refractivity (Wildman–Crippen MR) is 77.4 cm³/mol. The molecule has 0 aromatic heterocycles. The van der Waals surface area contributed by atoms with Gasteiger partial charge in [-0.3, -0.25) is 4.90 Å². The number of rotatable bonds is 4. The molecule has 0 atom stereocenters. The van der Waals surface area contributed by atoms with Crippen molar-refractivity contribution in [2.24, 2.45) is 5.73 Å². The number of hydrogen-bond acceptors (Lipinski definition) is 3. The van der Waals surface area contributed by atoms with Crippen LogP contribution in [0.1, 0.15) is 43.7 Å². The molecule has 0 aliphatic heterocycles. The molecule has 0 radical (unpaired) electrons. The Morgan fingerprint density at radius 1 is 1.30 bits per heavy atom. The highest BCUT2D eigenvalue weighted by molar-refractivity contribution is 5.33. The maximum absolute atomic E-state index is 13.5. The van der Waals surface area contributed by atoms with Crippen LogP contribution in [0.25, 0.3) is 0 Å². The average Bonchev–Trinajstić information content (AvgIpc) is 2.45. The van der Waals surface area contributed by atoms with Gasteiger partial charge in [0.15, 0.2) is 0 Å². The predicted octanol–water partition coefficient (Wildman–Crippen LogP) is 2.79. The van der Waals surface area contributed by atoms with Gasteiger partial charge in [-0.05, 0) is 56.0 Å². The number of nitrogens with zero attached hydrogens (tertiary/aromatic N) is 2. The first kappa shape index (κ1) is 15.0. The number of halogens is 1. The quantitative estimate of drug-likeness (QED) is 0.919. The summed E-state index contributed by atoms with van der Waals surface area (Å²) in [5.41, 5.74) is 7.21. The minimum absolute atomic E-state index is 0.333. The van der Waals surface area contributed by atoms with E-state index in [4.69, 9.17) is 11.0 Å². The van der Waals surface area contributed by atoms with Crippen molar-refractivity contribution < 1.29 is 4.39 Å². The van der Waals surface area contributed by atoms with Crippen LogP contribution in [-0.4, -0.2) is 23.5 Å². The van der Waals surface area contributed by atoms with Crippen LogP contribution in [0.15, 0.2) is 18.2 Å². The van der Waals surface area contributed by atoms with E-state index in [1.54, 1.807) is 6.07 Å². The van der Waals surface area contributed by atoms with E-state index in [0.717, 1.165) is 37.8 Å². The lowest BCUT2D eigenvalue weighted by Gasteiger charge is -2.35. The minimum Gasteiger partial charge on any atom is -0.328 e. The molecule has 2 N–H and O–H groups in total. The van der Waals surface area contributed by atoms with Crippen molar-refractivity contribution >= 4 is 0 Å². The van der Waals surface area contributed by atoms with Gasteiger partial charge in [0.05, 0.1) is 11.6 Å². The zero-order valence-corrected chi connectivity index (χ0v) is 12.0. The highest BCUT2D eigenvalue weighted by Crippen LogP contribution is 2.24. The molecule has 1 aliphatic carbocycles. The topological polar surface area (TPSA) is 53.0 Å². The van der Waals surface area contributed by atoms with Crippen LogP contribution in [0, 0.1) is 17.1 Å². The monoisotopic (exact) mass is 275 g/mol. The van der Waals surface area contributed by atoms with E-state index in [1.807, 2.05) is 6.07 Å². The third-order valence-corrected chi connectivity index (χ3v) is 4.14. The summed E-state index contributed by atoms with van der Waals surface area (Å²) < 4.78 is 13.5. The van der Waals surface area contributed by atoms with Crippen LogP contribution in [0.4, 0.5) is 4.39 Å². The van der Waals surface area contributed by atoms with E-state index in [1.165, 1.54) is 12.1 Å². The van der Waals surface area contributed by atoms with Gasteiger partial charge in [-0.25, -0.2) is 4.39 Å². The highest BCUT2D eigenvalue weighted by Gasteiger charge is 2.23. The van der Waals surface area contributed by atoms with Crippen LogP contribution in [0.5, 0.6) is 0 Å². The second-order valence-corrected chi connectivity index (χ2v) is 5.59. The summed E-state index contributed by atoms with van der Waals surface area (Å²) in [6.45, 7) is 3.75. The van der Waals surface area contributed by atoms with E-state index in [9.17, 15) is 4.39 Å². The second kappa shape index (κ2) is 6.83. The van der Waals surface area contributed by atoms with Crippen molar-refractivity contribution in [2.75, 3.05) is 6.54 Å². The summed E-state index contributed by atoms with van der Waals surface area (Å²) in [5.74, 6) is -0.333. The lowest BCUT2D eigenvalue weighted by molar-refractivity contribution is 0.149. The summed E-state index contributed by atoms with van der Waals surface area (Å²) in [7, 11) is 0. The highest BCUT2D eigenvalue weighted by atomic mass is 19.1. The standard InChI is InChI=1S/C16H22FN3/c1-2-20(16-5-3-15(19)4-6-16)11-13-7-12(10-18)8-14(17)9-13/h7-9,15-16H,2-6,11,19H2,1H3. The Morgan fingerprint density at radius 2 is 2.00 bits per heavy atom. The van der Waals surface area contributed by atoms with Gasteiger partial charge in [-0.1, -0.05) is 6.92 Å². The fraction of sp³-hybridized carbons (Fsp3) is 0.562. The van der Waals surface area contributed by atoms with Gasteiger partial charge in [-0.15, -0.1) is 0 Å². The summed E-state index contributed by atoms with van der Waals surface area (Å²) >= 11 is 0. The molecule has 20 heavy (non-hydrogen) atoms. The van der Waals surface area contributed by atoms with Crippen molar-refractivity contribution in [3.8, 4) is 6.07 Å². The molecule has 4 heteroatoms. The Bertz CT molecular complexity index is 487. The Hall–Kier alpha value is -1.44. The lowest BCUT2D eigenvalue weighted by Crippen LogP contribution is -2.40. The molecule has 0 bridgehead atoms. The Kier molecular flexibility index (Phi) is 5.11. The Morgan fingerprint density at radius 3 is 2.60 bits per heavy atom. The normalized spacial score (nSPS) is 22.8. The van der Waals surface area contributed by atoms with Gasteiger partial charge in [0.1, 0.15) is 5.82 Å². The number of nitriles is 1. The summed E-state index contributed by atoms with van der Waals surface area (Å²) in [4.78, 5) is 2.36. The molecular weight excluding hydrogens is 253 g/mol. The minimum atomic E-state index is -0.333. The maximum Gasteiger partial charge on any atom is 0.124 e. The molecule has 1 fully saturated rings. The first-order valence-electron chi connectivity index (χ1n) is 7.31. The van der Waals surface area contributed by atoms with Crippen LogP contribution < -0.4 is 5.73 Å². The lowest BCUT2D eigenvalue weighted by atomic mass is 9.90. The van der Waals surface area contributed by atoms with Gasteiger partial charge >= 0.3 is 0 Å². The molecule has 0 spiro atoms. The number of benzene rings is 1. The molecule has 0 saturated heterocycles. The summed E-state index contributed by atoms with van der Waals surface area (Å²) in [6, 6.07) is 7.45. The van der Waals surface area contributed by atoms with Gasteiger partial charge in [0, 0.05) is 18.6 Å². The molecule has 1 saturated carbocycles. The molecule has 3 nitrogen and oxygen atoms in total. The van der Waals surface area contributed by atoms with Crippen molar-refractivity contribution in [1.82, 2.24) is 4.90 Å². The van der Waals surface area contributed by atoms with Crippen molar-refractivity contribution in [2.45, 2.75) is 51.2 Å². The molecule has 1 aromatic rings. The van der Waals surface area contributed by atoms with E-state index in [0.29, 0.717) is 24.2 Å². The fourth-order valence-electron chi connectivity index (χ4n) is 3.01. The molecule has 0 unspecified atom stereocenters. The van der Waals surface area contributed by atoms with E-state index >= 15 is 0 Å². The second-order valence-electron chi connectivity index (χ2n) is 5.59. The molecule has 108 valence electrons. The number of nitrogens with two attached hydrogens (primary N) is 1. The largest absolute Gasteiger partial charge is 0.328 e.